The van der Waals surface area contributed by atoms with E-state index in [1.165, 1.54) is 12.1 Å². The number of hydrogen-bond acceptors (Lipinski definition) is 6. The number of rotatable bonds is 4. The highest BCUT2D eigenvalue weighted by Gasteiger charge is 2.17. The number of halogens is 1. The highest BCUT2D eigenvalue weighted by molar-refractivity contribution is 6.33. The molecule has 2 rings (SSSR count). The number of nitrogens with zero attached hydrogens (tertiary/aromatic N) is 2. The van der Waals surface area contributed by atoms with Crippen LogP contribution in [0.25, 0.3) is 0 Å². The van der Waals surface area contributed by atoms with Gasteiger partial charge in [0.25, 0.3) is 0 Å². The van der Waals surface area contributed by atoms with Gasteiger partial charge in [-0.05, 0) is 30.7 Å². The fourth-order valence-electron chi connectivity index (χ4n) is 1.62. The Morgan fingerprint density at radius 1 is 1.35 bits per heavy atom. The van der Waals surface area contributed by atoms with Gasteiger partial charge in [-0.2, -0.15) is 0 Å². The molecule has 0 saturated carbocycles. The molecule has 1 aromatic carbocycles. The van der Waals surface area contributed by atoms with Crippen molar-refractivity contribution in [2.24, 2.45) is 5.84 Å². The number of nitrogens with one attached hydrogen (secondary N) is 2. The van der Waals surface area contributed by atoms with Crippen molar-refractivity contribution < 1.29 is 4.92 Å². The second-order valence-corrected chi connectivity index (χ2v) is 4.48. The Labute approximate surface area is 119 Å². The summed E-state index contributed by atoms with van der Waals surface area (Å²) >= 11 is 6.08. The van der Waals surface area contributed by atoms with Crippen LogP contribution in [0.5, 0.6) is 0 Å². The van der Waals surface area contributed by atoms with E-state index in [4.69, 9.17) is 17.4 Å². The van der Waals surface area contributed by atoms with E-state index >= 15 is 0 Å². The molecule has 0 aliphatic heterocycles. The zero-order valence-electron chi connectivity index (χ0n) is 10.6. The van der Waals surface area contributed by atoms with Crippen molar-refractivity contribution in [3.05, 3.63) is 51.0 Å². The molecule has 4 N–H and O–H groups in total. The third-order valence-corrected chi connectivity index (χ3v) is 2.91. The van der Waals surface area contributed by atoms with Crippen LogP contribution in [0.2, 0.25) is 5.02 Å². The van der Waals surface area contributed by atoms with Gasteiger partial charge in [0.15, 0.2) is 0 Å². The number of hydrogen-bond donors (Lipinski definition) is 3. The first-order chi connectivity index (χ1) is 9.51. The van der Waals surface area contributed by atoms with E-state index in [1.54, 1.807) is 12.1 Å². The maximum Gasteiger partial charge on any atom is 0.311 e. The van der Waals surface area contributed by atoms with E-state index < -0.39 is 4.92 Å². The zero-order chi connectivity index (χ0) is 14.7. The molecule has 0 bridgehead atoms. The van der Waals surface area contributed by atoms with Crippen LogP contribution < -0.4 is 16.6 Å². The summed E-state index contributed by atoms with van der Waals surface area (Å²) in [5.41, 5.74) is 3.69. The van der Waals surface area contributed by atoms with Crippen molar-refractivity contribution in [2.75, 3.05) is 10.7 Å². The number of benzene rings is 1. The number of aryl methyl sites for hydroxylation is 1. The molecule has 20 heavy (non-hydrogen) atoms. The van der Waals surface area contributed by atoms with Gasteiger partial charge in [-0.25, -0.2) is 10.8 Å². The number of nitrogens with two attached hydrogens (primary N) is 1. The Morgan fingerprint density at radius 2 is 2.10 bits per heavy atom. The van der Waals surface area contributed by atoms with Crippen LogP contribution in [0.4, 0.5) is 23.0 Å². The molecule has 0 amide bonds. The summed E-state index contributed by atoms with van der Waals surface area (Å²) in [7, 11) is 0. The minimum absolute atomic E-state index is 0.0659. The summed E-state index contributed by atoms with van der Waals surface area (Å²) in [5.74, 6) is 5.62. The molecule has 0 unspecified atom stereocenters. The van der Waals surface area contributed by atoms with Crippen molar-refractivity contribution in [3.8, 4) is 0 Å². The summed E-state index contributed by atoms with van der Waals surface area (Å²) in [6.45, 7) is 1.90. The molecule has 1 heterocycles. The third-order valence-electron chi connectivity index (χ3n) is 2.60. The maximum atomic E-state index is 11.0. The molecule has 0 saturated heterocycles. The Kier molecular flexibility index (Phi) is 4.02. The lowest BCUT2D eigenvalue weighted by molar-refractivity contribution is -0.384. The van der Waals surface area contributed by atoms with Crippen LogP contribution in [-0.2, 0) is 0 Å². The number of nitro groups is 1. The highest BCUT2D eigenvalue weighted by Crippen LogP contribution is 2.30. The molecular weight excluding hydrogens is 282 g/mol. The summed E-state index contributed by atoms with van der Waals surface area (Å²) < 4.78 is 0. The van der Waals surface area contributed by atoms with Crippen molar-refractivity contribution in [2.45, 2.75) is 6.92 Å². The highest BCUT2D eigenvalue weighted by atomic mass is 35.5. The van der Waals surface area contributed by atoms with Crippen LogP contribution in [0, 0.1) is 17.0 Å². The van der Waals surface area contributed by atoms with Gasteiger partial charge in [0.2, 0.25) is 5.82 Å². The summed E-state index contributed by atoms with van der Waals surface area (Å²) in [6, 6.07) is 8.05. The van der Waals surface area contributed by atoms with Gasteiger partial charge in [0.1, 0.15) is 5.82 Å². The van der Waals surface area contributed by atoms with E-state index in [0.29, 0.717) is 16.5 Å². The Morgan fingerprint density at radius 3 is 2.70 bits per heavy atom. The van der Waals surface area contributed by atoms with Gasteiger partial charge >= 0.3 is 5.69 Å². The maximum absolute atomic E-state index is 11.0. The molecule has 0 aliphatic carbocycles. The normalized spacial score (nSPS) is 10.2. The zero-order valence-corrected chi connectivity index (χ0v) is 11.3. The second-order valence-electron chi connectivity index (χ2n) is 4.07. The van der Waals surface area contributed by atoms with Crippen LogP contribution in [0.1, 0.15) is 5.56 Å². The van der Waals surface area contributed by atoms with E-state index in [2.05, 4.69) is 15.7 Å². The molecule has 7 nitrogen and oxygen atoms in total. The van der Waals surface area contributed by atoms with Crippen molar-refractivity contribution in [3.63, 3.8) is 0 Å². The Balaban J connectivity index is 2.43. The van der Waals surface area contributed by atoms with Crippen LogP contribution in [0.3, 0.4) is 0 Å². The minimum atomic E-state index is -0.530. The number of hydrazine groups is 1. The standard InChI is InChI=1S/C12H12ClN5O2/c1-7-2-3-9(8(13)6-7)15-12-10(18(19)20)4-5-11(16-12)17-14/h2-6H,14H2,1H3,(H2,15,16,17). The van der Waals surface area contributed by atoms with Crippen molar-refractivity contribution in [1.82, 2.24) is 4.98 Å². The fraction of sp³-hybridized carbons (Fsp3) is 0.0833. The lowest BCUT2D eigenvalue weighted by Gasteiger charge is -2.10. The van der Waals surface area contributed by atoms with Gasteiger partial charge in [-0.3, -0.25) is 10.1 Å². The van der Waals surface area contributed by atoms with Gasteiger partial charge in [-0.15, -0.1) is 0 Å². The van der Waals surface area contributed by atoms with E-state index in [-0.39, 0.29) is 11.5 Å². The number of aromatic nitrogens is 1. The summed E-state index contributed by atoms with van der Waals surface area (Å²) in [5, 5.41) is 14.3. The van der Waals surface area contributed by atoms with Crippen LogP contribution >= 0.6 is 11.6 Å². The lowest BCUT2D eigenvalue weighted by Crippen LogP contribution is -2.10. The lowest BCUT2D eigenvalue weighted by atomic mass is 10.2. The molecule has 0 atom stereocenters. The number of anilines is 3. The predicted octanol–water partition coefficient (Wildman–Crippen LogP) is 2.98. The average molecular weight is 294 g/mol. The van der Waals surface area contributed by atoms with E-state index in [0.717, 1.165) is 5.56 Å². The molecule has 2 aromatic rings. The monoisotopic (exact) mass is 293 g/mol. The smallest absolute Gasteiger partial charge is 0.311 e. The quantitative estimate of drug-likeness (QED) is 0.454. The number of pyridine rings is 1. The third kappa shape index (κ3) is 2.95. The van der Waals surface area contributed by atoms with E-state index in [9.17, 15) is 10.1 Å². The van der Waals surface area contributed by atoms with Gasteiger partial charge in [0, 0.05) is 6.07 Å². The molecule has 1 aromatic heterocycles. The Hall–Kier alpha value is -2.38. The first kappa shape index (κ1) is 14.0. The molecule has 0 radical (unpaired) electrons. The average Bonchev–Trinajstić information content (AvgIpc) is 2.41. The second kappa shape index (κ2) is 5.72. The summed E-state index contributed by atoms with van der Waals surface area (Å²) in [6.07, 6.45) is 0. The van der Waals surface area contributed by atoms with Crippen molar-refractivity contribution in [1.29, 1.82) is 0 Å². The van der Waals surface area contributed by atoms with Crippen molar-refractivity contribution >= 4 is 34.6 Å². The molecule has 0 aliphatic rings. The van der Waals surface area contributed by atoms with E-state index in [1.807, 2.05) is 13.0 Å². The van der Waals surface area contributed by atoms with Crippen LogP contribution in [-0.4, -0.2) is 9.91 Å². The molecule has 104 valence electrons. The Bertz CT molecular complexity index is 662. The molecule has 0 spiro atoms. The predicted molar refractivity (Wildman–Crippen MR) is 78.2 cm³/mol. The molecule has 0 fully saturated rings. The number of nitrogen functional groups attached to an aromatic ring is 1. The van der Waals surface area contributed by atoms with Gasteiger partial charge < -0.3 is 10.7 Å². The largest absolute Gasteiger partial charge is 0.333 e. The fourth-order valence-corrected chi connectivity index (χ4v) is 1.90. The SMILES string of the molecule is Cc1ccc(Nc2nc(NN)ccc2[N+](=O)[O-])c(Cl)c1. The summed E-state index contributed by atoms with van der Waals surface area (Å²) in [4.78, 5) is 14.5. The van der Waals surface area contributed by atoms with Gasteiger partial charge in [-0.1, -0.05) is 17.7 Å². The first-order valence-electron chi connectivity index (χ1n) is 5.66. The first-order valence-corrected chi connectivity index (χ1v) is 6.04. The minimum Gasteiger partial charge on any atom is -0.333 e. The molecular formula is C12H12ClN5O2. The molecule has 8 heteroatoms. The topological polar surface area (TPSA) is 106 Å². The van der Waals surface area contributed by atoms with Crippen LogP contribution in [0.15, 0.2) is 30.3 Å². The van der Waals surface area contributed by atoms with Gasteiger partial charge in [0.05, 0.1) is 15.6 Å².